The van der Waals surface area contributed by atoms with Crippen LogP contribution in [0.15, 0.2) is 0 Å². The lowest BCUT2D eigenvalue weighted by molar-refractivity contribution is -0.123. The first-order chi connectivity index (χ1) is 8.09. The van der Waals surface area contributed by atoms with Crippen molar-refractivity contribution in [1.29, 1.82) is 0 Å². The molecule has 1 fully saturated rings. The van der Waals surface area contributed by atoms with Gasteiger partial charge in [0.25, 0.3) is 0 Å². The van der Waals surface area contributed by atoms with Crippen LogP contribution in [0.2, 0.25) is 5.15 Å². The van der Waals surface area contributed by atoms with Gasteiger partial charge in [-0.25, -0.2) is 0 Å². The number of rotatable bonds is 3. The van der Waals surface area contributed by atoms with Gasteiger partial charge in [-0.3, -0.25) is 9.48 Å². The van der Waals surface area contributed by atoms with E-state index < -0.39 is 0 Å². The summed E-state index contributed by atoms with van der Waals surface area (Å²) in [6.45, 7) is 3.68. The highest BCUT2D eigenvalue weighted by Gasteiger charge is 2.23. The van der Waals surface area contributed by atoms with Crippen molar-refractivity contribution >= 4 is 17.4 Å². The van der Waals surface area contributed by atoms with E-state index in [0.717, 1.165) is 17.8 Å². The second-order valence-electron chi connectivity index (χ2n) is 4.20. The summed E-state index contributed by atoms with van der Waals surface area (Å²) in [6, 6.07) is -0.223. The fraction of sp³-hybridized carbons (Fsp3) is 0.636. The fourth-order valence-corrected chi connectivity index (χ4v) is 2.19. The Labute approximate surface area is 105 Å². The van der Waals surface area contributed by atoms with Crippen molar-refractivity contribution in [1.82, 2.24) is 15.1 Å². The van der Waals surface area contributed by atoms with E-state index in [9.17, 15) is 4.79 Å². The lowest BCUT2D eigenvalue weighted by Crippen LogP contribution is -2.47. The largest absolute Gasteiger partial charge is 0.378 e. The summed E-state index contributed by atoms with van der Waals surface area (Å²) in [4.78, 5) is 12.0. The van der Waals surface area contributed by atoms with E-state index in [-0.39, 0.29) is 11.8 Å². The van der Waals surface area contributed by atoms with Crippen LogP contribution >= 0.6 is 11.6 Å². The van der Waals surface area contributed by atoms with Crippen LogP contribution in [0.25, 0.3) is 0 Å². The number of carbonyl (C=O) groups excluding carboxylic acids is 1. The van der Waals surface area contributed by atoms with Crippen molar-refractivity contribution in [3.8, 4) is 0 Å². The first-order valence-electron chi connectivity index (χ1n) is 5.61. The summed E-state index contributed by atoms with van der Waals surface area (Å²) in [5.41, 5.74) is 1.62. The number of hydrogen-bond acceptors (Lipinski definition) is 4. The molecule has 0 aliphatic carbocycles. The molecule has 94 valence electrons. The van der Waals surface area contributed by atoms with E-state index in [1.54, 1.807) is 11.7 Å². The Hall–Kier alpha value is -0.910. The second-order valence-corrected chi connectivity index (χ2v) is 4.56. The topological polar surface area (TPSA) is 56.2 Å². The zero-order valence-electron chi connectivity index (χ0n) is 9.99. The number of nitrogens with one attached hydrogen (secondary N) is 1. The number of aryl methyl sites for hydroxylation is 2. The van der Waals surface area contributed by atoms with Gasteiger partial charge in [-0.15, -0.1) is 0 Å². The van der Waals surface area contributed by atoms with Crippen LogP contribution in [0.3, 0.4) is 0 Å². The van der Waals surface area contributed by atoms with Gasteiger partial charge in [0.05, 0.1) is 24.9 Å². The monoisotopic (exact) mass is 257 g/mol. The molecule has 1 atom stereocenters. The Bertz CT molecular complexity index is 425. The van der Waals surface area contributed by atoms with Gasteiger partial charge in [0.2, 0.25) is 0 Å². The van der Waals surface area contributed by atoms with Gasteiger partial charge in [0.1, 0.15) is 5.15 Å². The molecule has 0 aromatic carbocycles. The third-order valence-corrected chi connectivity index (χ3v) is 3.40. The van der Waals surface area contributed by atoms with Crippen molar-refractivity contribution in [3.05, 3.63) is 16.4 Å². The minimum Gasteiger partial charge on any atom is -0.378 e. The second kappa shape index (κ2) is 5.16. The number of halogens is 1. The molecule has 1 aromatic heterocycles. The molecule has 0 amide bonds. The first kappa shape index (κ1) is 12.5. The van der Waals surface area contributed by atoms with Crippen molar-refractivity contribution < 1.29 is 9.53 Å². The molecule has 0 radical (unpaired) electrons. The minimum absolute atomic E-state index is 0.0997. The van der Waals surface area contributed by atoms with Gasteiger partial charge in [-0.1, -0.05) is 11.6 Å². The summed E-state index contributed by atoms with van der Waals surface area (Å²) in [7, 11) is 1.77. The molecule has 0 saturated carbocycles. The Morgan fingerprint density at radius 1 is 1.71 bits per heavy atom. The first-order valence-corrected chi connectivity index (χ1v) is 5.99. The number of morpholine rings is 1. The predicted octanol–water partition coefficient (Wildman–Crippen LogP) is 0.482. The normalized spacial score (nSPS) is 20.5. The minimum atomic E-state index is -0.223. The van der Waals surface area contributed by atoms with Gasteiger partial charge in [-0.05, 0) is 6.92 Å². The summed E-state index contributed by atoms with van der Waals surface area (Å²) in [6.07, 6.45) is 0.305. The number of ketones is 1. The van der Waals surface area contributed by atoms with E-state index in [1.807, 2.05) is 6.92 Å². The summed E-state index contributed by atoms with van der Waals surface area (Å²) < 4.78 is 6.86. The molecule has 1 aliphatic heterocycles. The quantitative estimate of drug-likeness (QED) is 0.856. The van der Waals surface area contributed by atoms with Crippen LogP contribution in [0.4, 0.5) is 0 Å². The number of carbonyl (C=O) groups is 1. The van der Waals surface area contributed by atoms with Crippen LogP contribution < -0.4 is 5.32 Å². The molecular formula is C11H16ClN3O2. The van der Waals surface area contributed by atoms with Crippen molar-refractivity contribution in [2.45, 2.75) is 19.4 Å². The standard InChI is InChI=1S/C11H16ClN3O2/c1-7-8(11(12)15(2)14-7)5-10(16)9-6-17-4-3-13-9/h9,13H,3-6H2,1-2H3. The fourth-order valence-electron chi connectivity index (χ4n) is 1.94. The molecule has 1 saturated heterocycles. The molecule has 1 aliphatic rings. The van der Waals surface area contributed by atoms with Gasteiger partial charge in [-0.2, -0.15) is 5.10 Å². The molecule has 6 heteroatoms. The molecule has 0 bridgehead atoms. The van der Waals surface area contributed by atoms with Crippen LogP contribution in [0.5, 0.6) is 0 Å². The van der Waals surface area contributed by atoms with Crippen molar-refractivity contribution in [2.24, 2.45) is 7.05 Å². The highest BCUT2D eigenvalue weighted by molar-refractivity contribution is 6.30. The maximum absolute atomic E-state index is 12.0. The maximum atomic E-state index is 12.0. The summed E-state index contributed by atoms with van der Waals surface area (Å²) in [5.74, 6) is 0.0997. The average molecular weight is 258 g/mol. The molecule has 2 rings (SSSR count). The zero-order chi connectivity index (χ0) is 12.4. The lowest BCUT2D eigenvalue weighted by Gasteiger charge is -2.22. The summed E-state index contributed by atoms with van der Waals surface area (Å²) in [5, 5.41) is 7.86. The molecule has 17 heavy (non-hydrogen) atoms. The van der Waals surface area contributed by atoms with E-state index in [2.05, 4.69) is 10.4 Å². The van der Waals surface area contributed by atoms with Crippen LogP contribution in [0.1, 0.15) is 11.3 Å². The van der Waals surface area contributed by atoms with Gasteiger partial charge >= 0.3 is 0 Å². The van der Waals surface area contributed by atoms with Gasteiger partial charge in [0.15, 0.2) is 5.78 Å². The predicted molar refractivity (Wildman–Crippen MR) is 64.3 cm³/mol. The molecule has 2 heterocycles. The third-order valence-electron chi connectivity index (χ3n) is 2.93. The Kier molecular flexibility index (Phi) is 3.81. The van der Waals surface area contributed by atoms with E-state index in [4.69, 9.17) is 16.3 Å². The zero-order valence-corrected chi connectivity index (χ0v) is 10.8. The molecule has 0 spiro atoms. The van der Waals surface area contributed by atoms with Gasteiger partial charge < -0.3 is 10.1 Å². The molecular weight excluding hydrogens is 242 g/mol. The smallest absolute Gasteiger partial charge is 0.156 e. The van der Waals surface area contributed by atoms with Crippen LogP contribution in [-0.4, -0.2) is 41.4 Å². The Morgan fingerprint density at radius 2 is 2.47 bits per heavy atom. The average Bonchev–Trinajstić information content (AvgIpc) is 2.57. The van der Waals surface area contributed by atoms with Gasteiger partial charge in [0, 0.05) is 25.6 Å². The maximum Gasteiger partial charge on any atom is 0.156 e. The Balaban J connectivity index is 2.07. The number of hydrogen-bond donors (Lipinski definition) is 1. The van der Waals surface area contributed by atoms with E-state index in [1.165, 1.54) is 0 Å². The number of ether oxygens (including phenoxy) is 1. The highest BCUT2D eigenvalue weighted by Crippen LogP contribution is 2.19. The SMILES string of the molecule is Cc1nn(C)c(Cl)c1CC(=O)C1COCCN1. The van der Waals surface area contributed by atoms with Crippen LogP contribution in [0, 0.1) is 6.92 Å². The van der Waals surface area contributed by atoms with Crippen molar-refractivity contribution in [3.63, 3.8) is 0 Å². The number of Topliss-reactive ketones (excluding diaryl/α,β-unsaturated/α-hetero) is 1. The molecule has 1 N–H and O–H groups in total. The lowest BCUT2D eigenvalue weighted by atomic mass is 10.0. The molecule has 1 unspecified atom stereocenters. The molecule has 1 aromatic rings. The Morgan fingerprint density at radius 3 is 3.00 bits per heavy atom. The van der Waals surface area contributed by atoms with E-state index >= 15 is 0 Å². The summed E-state index contributed by atoms with van der Waals surface area (Å²) >= 11 is 6.09. The third kappa shape index (κ3) is 2.68. The van der Waals surface area contributed by atoms with Crippen LogP contribution in [-0.2, 0) is 23.0 Å². The highest BCUT2D eigenvalue weighted by atomic mass is 35.5. The van der Waals surface area contributed by atoms with E-state index in [0.29, 0.717) is 24.8 Å². The number of nitrogens with zero attached hydrogens (tertiary/aromatic N) is 2. The number of aromatic nitrogens is 2. The van der Waals surface area contributed by atoms with Crippen molar-refractivity contribution in [2.75, 3.05) is 19.8 Å². The molecule has 5 nitrogen and oxygen atoms in total.